The zero-order valence-corrected chi connectivity index (χ0v) is 19.6. The highest BCUT2D eigenvalue weighted by Crippen LogP contribution is 2.33. The minimum Gasteiger partial charge on any atom is -0.497 e. The van der Waals surface area contributed by atoms with Crippen molar-refractivity contribution in [1.82, 2.24) is 20.0 Å². The van der Waals surface area contributed by atoms with Crippen molar-refractivity contribution in [2.45, 2.75) is 70.4 Å². The number of amides is 3. The predicted octanol–water partition coefficient (Wildman–Crippen LogP) is 3.04. The molecule has 1 aromatic carbocycles. The highest BCUT2D eigenvalue weighted by molar-refractivity contribution is 6.00. The number of methoxy groups -OCH3 is 1. The van der Waals surface area contributed by atoms with Gasteiger partial charge in [0.2, 0.25) is 0 Å². The Balaban J connectivity index is 1.46. The van der Waals surface area contributed by atoms with E-state index in [0.717, 1.165) is 43.8 Å². The molecular weight excluding hydrogens is 406 g/mol. The summed E-state index contributed by atoms with van der Waals surface area (Å²) in [5.74, 6) is 0.764. The molecule has 0 radical (unpaired) electrons. The van der Waals surface area contributed by atoms with Crippen LogP contribution in [-0.4, -0.2) is 78.9 Å². The SMILES string of the molecule is CCCCCCCCN1C(=O)C2C(NC3N(c4ccc(OC)cc4)CCCN23)N(C)C1=O. The third kappa shape index (κ3) is 4.30. The molecule has 3 atom stereocenters. The quantitative estimate of drug-likeness (QED) is 0.592. The van der Waals surface area contributed by atoms with E-state index in [4.69, 9.17) is 4.74 Å². The van der Waals surface area contributed by atoms with Gasteiger partial charge < -0.3 is 14.5 Å². The Labute approximate surface area is 191 Å². The van der Waals surface area contributed by atoms with E-state index in [1.54, 1.807) is 12.0 Å². The smallest absolute Gasteiger partial charge is 0.327 e. The molecule has 8 heteroatoms. The summed E-state index contributed by atoms with van der Waals surface area (Å²) < 4.78 is 5.29. The number of carbonyl (C=O) groups is 2. The van der Waals surface area contributed by atoms with Crippen molar-refractivity contribution < 1.29 is 14.3 Å². The van der Waals surface area contributed by atoms with Crippen LogP contribution in [0, 0.1) is 0 Å². The van der Waals surface area contributed by atoms with Crippen LogP contribution in [0.15, 0.2) is 24.3 Å². The number of rotatable bonds is 9. The maximum absolute atomic E-state index is 13.5. The number of carbonyl (C=O) groups excluding carboxylic acids is 2. The predicted molar refractivity (Wildman–Crippen MR) is 124 cm³/mol. The van der Waals surface area contributed by atoms with Gasteiger partial charge in [-0.25, -0.2) is 4.79 Å². The molecule has 3 heterocycles. The molecule has 0 spiro atoms. The van der Waals surface area contributed by atoms with Crippen LogP contribution in [0.25, 0.3) is 0 Å². The second-order valence-corrected chi connectivity index (χ2v) is 9.06. The van der Waals surface area contributed by atoms with Gasteiger partial charge in [-0.2, -0.15) is 0 Å². The van der Waals surface area contributed by atoms with E-state index in [9.17, 15) is 9.59 Å². The minimum atomic E-state index is -0.344. The van der Waals surface area contributed by atoms with Gasteiger partial charge in [-0.15, -0.1) is 0 Å². The summed E-state index contributed by atoms with van der Waals surface area (Å²) in [6.45, 7) is 4.45. The highest BCUT2D eigenvalue weighted by atomic mass is 16.5. The fourth-order valence-corrected chi connectivity index (χ4v) is 5.21. The molecule has 1 N–H and O–H groups in total. The van der Waals surface area contributed by atoms with Gasteiger partial charge in [0.1, 0.15) is 24.2 Å². The van der Waals surface area contributed by atoms with Gasteiger partial charge in [-0.3, -0.25) is 19.9 Å². The number of nitrogens with zero attached hydrogens (tertiary/aromatic N) is 4. The number of hydrogen-bond donors (Lipinski definition) is 1. The van der Waals surface area contributed by atoms with E-state index in [2.05, 4.69) is 22.0 Å². The summed E-state index contributed by atoms with van der Waals surface area (Å²) in [4.78, 5) is 34.2. The van der Waals surface area contributed by atoms with Crippen molar-refractivity contribution >= 4 is 17.6 Å². The lowest BCUT2D eigenvalue weighted by molar-refractivity contribution is -0.138. The Morgan fingerprint density at radius 2 is 1.75 bits per heavy atom. The Hall–Kier alpha value is -2.32. The Morgan fingerprint density at radius 1 is 1.03 bits per heavy atom. The third-order valence-electron chi connectivity index (χ3n) is 7.01. The summed E-state index contributed by atoms with van der Waals surface area (Å²) in [6, 6.07) is 7.48. The molecule has 176 valence electrons. The summed E-state index contributed by atoms with van der Waals surface area (Å²) in [5, 5.41) is 3.57. The van der Waals surface area contributed by atoms with Crippen LogP contribution in [-0.2, 0) is 4.79 Å². The van der Waals surface area contributed by atoms with Crippen molar-refractivity contribution in [2.24, 2.45) is 0 Å². The fourth-order valence-electron chi connectivity index (χ4n) is 5.21. The van der Waals surface area contributed by atoms with E-state index < -0.39 is 0 Å². The number of anilines is 1. The molecule has 1 aromatic rings. The summed E-state index contributed by atoms with van der Waals surface area (Å²) in [5.41, 5.74) is 1.08. The maximum atomic E-state index is 13.5. The standard InChI is InChI=1S/C24H37N5O3/c1-4-5-6-7-8-9-15-29-22(30)20-21(26(2)24(29)31)25-23-27(16-10-17-28(20)23)18-11-13-19(32-3)14-12-18/h11-14,20-21,23,25H,4-10,15-17H2,1-3H3. The van der Waals surface area contributed by atoms with Gasteiger partial charge in [0.25, 0.3) is 5.91 Å². The molecule has 3 aliphatic heterocycles. The normalized spacial score (nSPS) is 25.8. The number of benzene rings is 1. The highest BCUT2D eigenvalue weighted by Gasteiger charge is 2.55. The van der Waals surface area contributed by atoms with E-state index in [1.165, 1.54) is 30.6 Å². The van der Waals surface area contributed by atoms with Crippen LogP contribution in [0.4, 0.5) is 10.5 Å². The molecule has 3 fully saturated rings. The number of ether oxygens (including phenoxy) is 1. The number of likely N-dealkylation sites (N-methyl/N-ethyl adjacent to an activating group) is 1. The van der Waals surface area contributed by atoms with Crippen molar-refractivity contribution in [1.29, 1.82) is 0 Å². The molecule has 32 heavy (non-hydrogen) atoms. The third-order valence-corrected chi connectivity index (χ3v) is 7.01. The van der Waals surface area contributed by atoms with E-state index in [1.807, 2.05) is 31.3 Å². The molecule has 8 nitrogen and oxygen atoms in total. The van der Waals surface area contributed by atoms with Gasteiger partial charge in [0, 0.05) is 32.4 Å². The van der Waals surface area contributed by atoms with Gasteiger partial charge in [-0.05, 0) is 37.1 Å². The number of nitrogens with one attached hydrogen (secondary N) is 1. The van der Waals surface area contributed by atoms with Crippen LogP contribution < -0.4 is 15.0 Å². The number of unbranched alkanes of at least 4 members (excludes halogenated alkanes) is 5. The summed E-state index contributed by atoms with van der Waals surface area (Å²) >= 11 is 0. The Morgan fingerprint density at radius 3 is 2.47 bits per heavy atom. The van der Waals surface area contributed by atoms with Crippen molar-refractivity contribution in [2.75, 3.05) is 38.7 Å². The molecule has 3 unspecified atom stereocenters. The minimum absolute atomic E-state index is 0.0572. The molecule has 4 rings (SSSR count). The monoisotopic (exact) mass is 443 g/mol. The average molecular weight is 444 g/mol. The lowest BCUT2D eigenvalue weighted by Gasteiger charge is -2.44. The first-order valence-electron chi connectivity index (χ1n) is 12.1. The average Bonchev–Trinajstić information content (AvgIpc) is 3.22. The Bertz CT molecular complexity index is 801. The molecule has 3 aliphatic rings. The van der Waals surface area contributed by atoms with Crippen molar-refractivity contribution in [3.05, 3.63) is 24.3 Å². The molecule has 0 saturated carbocycles. The summed E-state index contributed by atoms with van der Waals surface area (Å²) in [6.07, 6.45) is 7.35. The molecule has 3 saturated heterocycles. The van der Waals surface area contributed by atoms with Gasteiger partial charge >= 0.3 is 6.03 Å². The van der Waals surface area contributed by atoms with Crippen molar-refractivity contribution in [3.63, 3.8) is 0 Å². The van der Waals surface area contributed by atoms with Gasteiger partial charge in [0.05, 0.1) is 7.11 Å². The van der Waals surface area contributed by atoms with Gasteiger partial charge in [0.15, 0.2) is 0 Å². The van der Waals surface area contributed by atoms with Crippen molar-refractivity contribution in [3.8, 4) is 5.75 Å². The van der Waals surface area contributed by atoms with Crippen LogP contribution in [0.1, 0.15) is 51.9 Å². The first kappa shape index (κ1) is 22.9. The van der Waals surface area contributed by atoms with Crippen LogP contribution in [0.2, 0.25) is 0 Å². The molecule has 0 bridgehead atoms. The number of urea groups is 1. The van der Waals surface area contributed by atoms with Gasteiger partial charge in [-0.1, -0.05) is 39.0 Å². The van der Waals surface area contributed by atoms with E-state index in [0.29, 0.717) is 6.54 Å². The zero-order valence-electron chi connectivity index (χ0n) is 19.6. The largest absolute Gasteiger partial charge is 0.497 e. The van der Waals surface area contributed by atoms with Crippen LogP contribution in [0.3, 0.4) is 0 Å². The lowest BCUT2D eigenvalue weighted by Crippen LogP contribution is -2.66. The number of fused-ring (bicyclic) bond motifs is 3. The van der Waals surface area contributed by atoms with Crippen LogP contribution in [0.5, 0.6) is 5.75 Å². The van der Waals surface area contributed by atoms with E-state index >= 15 is 0 Å². The number of hydrogen-bond acceptors (Lipinski definition) is 6. The molecule has 0 aliphatic carbocycles. The van der Waals surface area contributed by atoms with E-state index in [-0.39, 0.29) is 30.4 Å². The zero-order chi connectivity index (χ0) is 22.7. The maximum Gasteiger partial charge on any atom is 0.327 e. The topological polar surface area (TPSA) is 68.4 Å². The first-order chi connectivity index (χ1) is 15.6. The van der Waals surface area contributed by atoms with Crippen LogP contribution >= 0.6 is 0 Å². The first-order valence-corrected chi connectivity index (χ1v) is 12.1. The lowest BCUT2D eigenvalue weighted by atomic mass is 10.1. The number of imide groups is 1. The second kappa shape index (κ2) is 10.1. The molecule has 3 amide bonds. The Kier molecular flexibility index (Phi) is 7.20. The summed E-state index contributed by atoms with van der Waals surface area (Å²) in [7, 11) is 3.47. The second-order valence-electron chi connectivity index (χ2n) is 9.06. The molecule has 0 aromatic heterocycles. The fraction of sp³-hybridized carbons (Fsp3) is 0.667. The molecular formula is C24H37N5O3.